The minimum absolute atomic E-state index is 0.621. The monoisotopic (exact) mass is 220 g/mol. The minimum atomic E-state index is 0.621. The zero-order valence-corrected chi connectivity index (χ0v) is 10.7. The van der Waals surface area contributed by atoms with Gasteiger partial charge in [-0.2, -0.15) is 0 Å². The molecule has 90 valence electrons. The molecule has 2 heteroatoms. The standard InChI is InChI=1S/C14H24N2/c1-4-13(9-15)10-16(3)11-14-7-5-12(2)6-8-14/h5-8,13H,4,9-11,15H2,1-3H3. The maximum atomic E-state index is 5.72. The van der Waals surface area contributed by atoms with Crippen molar-refractivity contribution in [3.63, 3.8) is 0 Å². The lowest BCUT2D eigenvalue weighted by atomic mass is 10.1. The molecule has 1 aromatic carbocycles. The van der Waals surface area contributed by atoms with E-state index in [0.29, 0.717) is 5.92 Å². The van der Waals surface area contributed by atoms with E-state index in [4.69, 9.17) is 5.73 Å². The highest BCUT2D eigenvalue weighted by molar-refractivity contribution is 5.21. The van der Waals surface area contributed by atoms with E-state index < -0.39 is 0 Å². The van der Waals surface area contributed by atoms with Gasteiger partial charge >= 0.3 is 0 Å². The van der Waals surface area contributed by atoms with Crippen LogP contribution in [0.5, 0.6) is 0 Å². The minimum Gasteiger partial charge on any atom is -0.330 e. The zero-order chi connectivity index (χ0) is 12.0. The Morgan fingerprint density at radius 2 is 1.88 bits per heavy atom. The molecule has 0 fully saturated rings. The highest BCUT2D eigenvalue weighted by Crippen LogP contribution is 2.08. The van der Waals surface area contributed by atoms with Crippen LogP contribution in [0.25, 0.3) is 0 Å². The molecule has 0 bridgehead atoms. The topological polar surface area (TPSA) is 29.3 Å². The number of nitrogens with two attached hydrogens (primary N) is 1. The second-order valence-electron chi connectivity index (χ2n) is 4.69. The maximum Gasteiger partial charge on any atom is 0.0230 e. The number of hydrogen-bond donors (Lipinski definition) is 1. The molecule has 0 aliphatic rings. The van der Waals surface area contributed by atoms with Crippen molar-refractivity contribution >= 4 is 0 Å². The number of aryl methyl sites for hydroxylation is 1. The molecule has 0 radical (unpaired) electrons. The summed E-state index contributed by atoms with van der Waals surface area (Å²) >= 11 is 0. The first-order chi connectivity index (χ1) is 7.65. The molecule has 1 aromatic rings. The summed E-state index contributed by atoms with van der Waals surface area (Å²) in [5, 5.41) is 0. The number of nitrogens with zero attached hydrogens (tertiary/aromatic N) is 1. The molecule has 0 heterocycles. The Morgan fingerprint density at radius 3 is 2.38 bits per heavy atom. The molecule has 0 aliphatic carbocycles. The van der Waals surface area contributed by atoms with Gasteiger partial charge in [0.2, 0.25) is 0 Å². The van der Waals surface area contributed by atoms with Crippen LogP contribution < -0.4 is 5.73 Å². The highest BCUT2D eigenvalue weighted by Gasteiger charge is 2.07. The predicted octanol–water partition coefficient (Wildman–Crippen LogP) is 2.41. The summed E-state index contributed by atoms with van der Waals surface area (Å²) in [4.78, 5) is 2.35. The van der Waals surface area contributed by atoms with E-state index in [9.17, 15) is 0 Å². The lowest BCUT2D eigenvalue weighted by molar-refractivity contribution is 0.268. The summed E-state index contributed by atoms with van der Waals surface area (Å²) in [6.07, 6.45) is 1.16. The Hall–Kier alpha value is -0.860. The van der Waals surface area contributed by atoms with Crippen molar-refractivity contribution in [2.75, 3.05) is 20.1 Å². The summed E-state index contributed by atoms with van der Waals surface area (Å²) < 4.78 is 0. The van der Waals surface area contributed by atoms with Gasteiger partial charge in [-0.3, -0.25) is 0 Å². The summed E-state index contributed by atoms with van der Waals surface area (Å²) in [5.74, 6) is 0.621. The van der Waals surface area contributed by atoms with Crippen LogP contribution in [0, 0.1) is 12.8 Å². The second-order valence-corrected chi connectivity index (χ2v) is 4.69. The van der Waals surface area contributed by atoms with E-state index in [1.807, 2.05) is 0 Å². The molecular weight excluding hydrogens is 196 g/mol. The Labute approximate surface area is 99.5 Å². The van der Waals surface area contributed by atoms with Gasteiger partial charge in [-0.15, -0.1) is 0 Å². The zero-order valence-electron chi connectivity index (χ0n) is 10.7. The van der Waals surface area contributed by atoms with Crippen molar-refractivity contribution < 1.29 is 0 Å². The lowest BCUT2D eigenvalue weighted by Crippen LogP contribution is -2.29. The largest absolute Gasteiger partial charge is 0.330 e. The quantitative estimate of drug-likeness (QED) is 0.797. The third-order valence-corrected chi connectivity index (χ3v) is 3.05. The summed E-state index contributed by atoms with van der Waals surface area (Å²) in [5.41, 5.74) is 8.41. The number of rotatable bonds is 6. The molecule has 1 rings (SSSR count). The van der Waals surface area contributed by atoms with Crippen LogP contribution in [-0.4, -0.2) is 25.0 Å². The van der Waals surface area contributed by atoms with Crippen molar-refractivity contribution in [1.82, 2.24) is 4.90 Å². The Bertz CT molecular complexity index is 288. The van der Waals surface area contributed by atoms with Gasteiger partial charge in [-0.1, -0.05) is 43.2 Å². The fourth-order valence-corrected chi connectivity index (χ4v) is 1.88. The van der Waals surface area contributed by atoms with E-state index in [-0.39, 0.29) is 0 Å². The molecular formula is C14H24N2. The van der Waals surface area contributed by atoms with Gasteiger partial charge in [-0.25, -0.2) is 0 Å². The van der Waals surface area contributed by atoms with Crippen molar-refractivity contribution in [2.45, 2.75) is 26.8 Å². The number of hydrogen-bond acceptors (Lipinski definition) is 2. The van der Waals surface area contributed by atoms with Crippen LogP contribution in [0.3, 0.4) is 0 Å². The van der Waals surface area contributed by atoms with Crippen LogP contribution in [0.2, 0.25) is 0 Å². The average molecular weight is 220 g/mol. The summed E-state index contributed by atoms with van der Waals surface area (Å²) in [6, 6.07) is 8.75. The Morgan fingerprint density at radius 1 is 1.25 bits per heavy atom. The van der Waals surface area contributed by atoms with Gasteiger partial charge in [0.05, 0.1) is 0 Å². The molecule has 0 saturated heterocycles. The SMILES string of the molecule is CCC(CN)CN(C)Cc1ccc(C)cc1. The average Bonchev–Trinajstić information content (AvgIpc) is 2.29. The Kier molecular flexibility index (Phi) is 5.50. The van der Waals surface area contributed by atoms with Crippen molar-refractivity contribution in [3.05, 3.63) is 35.4 Å². The third-order valence-electron chi connectivity index (χ3n) is 3.05. The van der Waals surface area contributed by atoms with Gasteiger partial charge < -0.3 is 10.6 Å². The molecule has 0 aromatic heterocycles. The molecule has 1 unspecified atom stereocenters. The molecule has 0 spiro atoms. The van der Waals surface area contributed by atoms with E-state index in [1.54, 1.807) is 0 Å². The van der Waals surface area contributed by atoms with E-state index in [2.05, 4.69) is 50.1 Å². The van der Waals surface area contributed by atoms with Crippen LogP contribution in [0.1, 0.15) is 24.5 Å². The molecule has 1 atom stereocenters. The first-order valence-electron chi connectivity index (χ1n) is 6.09. The van der Waals surface area contributed by atoms with Crippen LogP contribution >= 0.6 is 0 Å². The molecule has 0 saturated carbocycles. The van der Waals surface area contributed by atoms with Gasteiger partial charge in [0.25, 0.3) is 0 Å². The van der Waals surface area contributed by atoms with Crippen LogP contribution in [0.4, 0.5) is 0 Å². The summed E-state index contributed by atoms with van der Waals surface area (Å²) in [7, 11) is 2.16. The smallest absolute Gasteiger partial charge is 0.0230 e. The maximum absolute atomic E-state index is 5.72. The third kappa shape index (κ3) is 4.33. The fourth-order valence-electron chi connectivity index (χ4n) is 1.88. The lowest BCUT2D eigenvalue weighted by Gasteiger charge is -2.22. The van der Waals surface area contributed by atoms with Gasteiger partial charge in [0, 0.05) is 13.1 Å². The van der Waals surface area contributed by atoms with E-state index in [0.717, 1.165) is 26.1 Å². The number of benzene rings is 1. The van der Waals surface area contributed by atoms with Crippen LogP contribution in [0.15, 0.2) is 24.3 Å². The molecule has 0 amide bonds. The van der Waals surface area contributed by atoms with Crippen molar-refractivity contribution in [2.24, 2.45) is 11.7 Å². The molecule has 2 N–H and O–H groups in total. The first kappa shape index (κ1) is 13.2. The normalized spacial score (nSPS) is 13.1. The fraction of sp³-hybridized carbons (Fsp3) is 0.571. The molecule has 0 aliphatic heterocycles. The predicted molar refractivity (Wildman–Crippen MR) is 70.3 cm³/mol. The molecule has 2 nitrogen and oxygen atoms in total. The van der Waals surface area contributed by atoms with E-state index in [1.165, 1.54) is 11.1 Å². The van der Waals surface area contributed by atoms with Gasteiger partial charge in [-0.05, 0) is 32.0 Å². The van der Waals surface area contributed by atoms with Crippen LogP contribution in [-0.2, 0) is 6.54 Å². The van der Waals surface area contributed by atoms with Crippen molar-refractivity contribution in [3.8, 4) is 0 Å². The van der Waals surface area contributed by atoms with Gasteiger partial charge in [0.15, 0.2) is 0 Å². The molecule has 16 heavy (non-hydrogen) atoms. The summed E-state index contributed by atoms with van der Waals surface area (Å²) in [6.45, 7) is 7.21. The van der Waals surface area contributed by atoms with E-state index >= 15 is 0 Å². The first-order valence-corrected chi connectivity index (χ1v) is 6.09. The second kappa shape index (κ2) is 6.66. The highest BCUT2D eigenvalue weighted by atomic mass is 15.1. The Balaban J connectivity index is 2.44. The van der Waals surface area contributed by atoms with Gasteiger partial charge in [0.1, 0.15) is 0 Å². The van der Waals surface area contributed by atoms with Crippen molar-refractivity contribution in [1.29, 1.82) is 0 Å².